The van der Waals surface area contributed by atoms with Crippen LogP contribution in [0.4, 0.5) is 0 Å². The minimum Gasteiger partial charge on any atom is -0.454 e. The lowest BCUT2D eigenvalue weighted by Crippen LogP contribution is -2.05. The average Bonchev–Trinajstić information content (AvgIpc) is 3.15. The Morgan fingerprint density at radius 1 is 1.14 bits per heavy atom. The third-order valence-electron chi connectivity index (χ3n) is 3.23. The molecule has 0 spiro atoms. The van der Waals surface area contributed by atoms with Crippen molar-refractivity contribution in [2.24, 2.45) is 4.99 Å². The number of cyclic esters (lactones) is 1. The summed E-state index contributed by atoms with van der Waals surface area (Å²) in [5.41, 5.74) is 1.68. The van der Waals surface area contributed by atoms with E-state index in [0.717, 1.165) is 5.56 Å². The number of aromatic nitrogens is 1. The number of nitrogens with zero attached hydrogens (tertiary/aromatic N) is 2. The third kappa shape index (κ3) is 2.20. The number of carbonyl (C=O) groups excluding carboxylic acids is 1. The monoisotopic (exact) mass is 294 g/mol. The summed E-state index contributed by atoms with van der Waals surface area (Å²) in [6.07, 6.45) is 4.88. The molecule has 0 aliphatic carbocycles. The van der Waals surface area contributed by atoms with Gasteiger partial charge in [0.2, 0.25) is 12.7 Å². The molecule has 2 aromatic rings. The number of rotatable bonds is 2. The maximum Gasteiger partial charge on any atom is 0.363 e. The number of esters is 1. The Labute approximate surface area is 125 Å². The van der Waals surface area contributed by atoms with Gasteiger partial charge in [-0.1, -0.05) is 6.07 Å². The lowest BCUT2D eigenvalue weighted by atomic mass is 10.1. The molecular formula is C16H10N2O4. The van der Waals surface area contributed by atoms with Crippen molar-refractivity contribution < 1.29 is 19.0 Å². The Balaban J connectivity index is 1.67. The first kappa shape index (κ1) is 12.6. The second kappa shape index (κ2) is 5.00. The van der Waals surface area contributed by atoms with Gasteiger partial charge in [-0.15, -0.1) is 0 Å². The van der Waals surface area contributed by atoms with Gasteiger partial charge in [0, 0.05) is 12.4 Å². The number of benzene rings is 1. The highest BCUT2D eigenvalue weighted by molar-refractivity contribution is 6.12. The predicted octanol–water partition coefficient (Wildman–Crippen LogP) is 2.15. The molecule has 22 heavy (non-hydrogen) atoms. The molecule has 6 nitrogen and oxygen atoms in total. The number of hydrogen-bond acceptors (Lipinski definition) is 6. The molecule has 0 saturated carbocycles. The van der Waals surface area contributed by atoms with Gasteiger partial charge >= 0.3 is 5.97 Å². The molecular weight excluding hydrogens is 284 g/mol. The number of hydrogen-bond donors (Lipinski definition) is 0. The molecule has 0 bridgehead atoms. The summed E-state index contributed by atoms with van der Waals surface area (Å²) < 4.78 is 15.7. The number of pyridine rings is 1. The van der Waals surface area contributed by atoms with Crippen molar-refractivity contribution in [2.75, 3.05) is 6.79 Å². The van der Waals surface area contributed by atoms with Gasteiger partial charge in [0.05, 0.1) is 5.56 Å². The van der Waals surface area contributed by atoms with Crippen LogP contribution in [0.25, 0.3) is 6.08 Å². The van der Waals surface area contributed by atoms with Crippen LogP contribution in [-0.2, 0) is 9.53 Å². The molecule has 2 aliphatic rings. The van der Waals surface area contributed by atoms with Crippen LogP contribution in [0.3, 0.4) is 0 Å². The SMILES string of the molecule is O=C1OC(c2cccnc2)=NC1=Cc1ccc2c(c1)OCO2. The predicted molar refractivity (Wildman–Crippen MR) is 77.4 cm³/mol. The Morgan fingerprint density at radius 2 is 2.05 bits per heavy atom. The minimum atomic E-state index is -0.489. The molecule has 0 unspecified atom stereocenters. The van der Waals surface area contributed by atoms with Gasteiger partial charge in [-0.25, -0.2) is 9.79 Å². The van der Waals surface area contributed by atoms with Crippen molar-refractivity contribution in [1.29, 1.82) is 0 Å². The normalized spacial score (nSPS) is 17.5. The van der Waals surface area contributed by atoms with Gasteiger partial charge in [0.25, 0.3) is 0 Å². The van der Waals surface area contributed by atoms with E-state index in [1.165, 1.54) is 0 Å². The first-order valence-electron chi connectivity index (χ1n) is 6.62. The summed E-state index contributed by atoms with van der Waals surface area (Å²) >= 11 is 0. The second-order valence-electron chi connectivity index (χ2n) is 4.69. The summed E-state index contributed by atoms with van der Waals surface area (Å²) in [5.74, 6) is 1.11. The lowest BCUT2D eigenvalue weighted by Gasteiger charge is -1.97. The molecule has 0 saturated heterocycles. The van der Waals surface area contributed by atoms with Crippen molar-refractivity contribution >= 4 is 17.9 Å². The van der Waals surface area contributed by atoms with Crippen LogP contribution in [0, 0.1) is 0 Å². The van der Waals surface area contributed by atoms with Crippen LogP contribution >= 0.6 is 0 Å². The number of carbonyl (C=O) groups is 1. The molecule has 1 aromatic heterocycles. The van der Waals surface area contributed by atoms with Gasteiger partial charge in [0.15, 0.2) is 17.2 Å². The highest BCUT2D eigenvalue weighted by Gasteiger charge is 2.24. The third-order valence-corrected chi connectivity index (χ3v) is 3.23. The lowest BCUT2D eigenvalue weighted by molar-refractivity contribution is -0.129. The van der Waals surface area contributed by atoms with Gasteiger partial charge in [-0.2, -0.15) is 0 Å². The Kier molecular flexibility index (Phi) is 2.86. The van der Waals surface area contributed by atoms with Crippen LogP contribution in [0.1, 0.15) is 11.1 Å². The van der Waals surface area contributed by atoms with Gasteiger partial charge in [0.1, 0.15) is 0 Å². The van der Waals surface area contributed by atoms with E-state index < -0.39 is 5.97 Å². The van der Waals surface area contributed by atoms with E-state index in [9.17, 15) is 4.79 Å². The summed E-state index contributed by atoms with van der Waals surface area (Å²) in [6, 6.07) is 8.94. The molecule has 0 radical (unpaired) electrons. The Morgan fingerprint density at radius 3 is 2.91 bits per heavy atom. The fraction of sp³-hybridized carbons (Fsp3) is 0.0625. The van der Waals surface area contributed by atoms with Gasteiger partial charge in [-0.05, 0) is 35.9 Å². The van der Waals surface area contributed by atoms with Crippen molar-refractivity contribution in [2.45, 2.75) is 0 Å². The van der Waals surface area contributed by atoms with E-state index in [-0.39, 0.29) is 18.4 Å². The summed E-state index contributed by atoms with van der Waals surface area (Å²) in [6.45, 7) is 0.209. The molecule has 0 atom stereocenters. The van der Waals surface area contributed by atoms with E-state index in [2.05, 4.69) is 9.98 Å². The van der Waals surface area contributed by atoms with Crippen molar-refractivity contribution in [3.05, 3.63) is 59.5 Å². The van der Waals surface area contributed by atoms with Crippen LogP contribution in [0.2, 0.25) is 0 Å². The van der Waals surface area contributed by atoms with Crippen LogP contribution < -0.4 is 9.47 Å². The smallest absolute Gasteiger partial charge is 0.363 e. The zero-order valence-corrected chi connectivity index (χ0v) is 11.4. The Bertz CT molecular complexity index is 812. The van der Waals surface area contributed by atoms with Crippen molar-refractivity contribution in [1.82, 2.24) is 4.98 Å². The number of ether oxygens (including phenoxy) is 3. The molecule has 0 N–H and O–H groups in total. The first-order chi connectivity index (χ1) is 10.8. The summed E-state index contributed by atoms with van der Waals surface area (Å²) in [7, 11) is 0. The fourth-order valence-electron chi connectivity index (χ4n) is 2.18. The molecule has 108 valence electrons. The molecule has 4 rings (SSSR count). The van der Waals surface area contributed by atoms with E-state index in [1.807, 2.05) is 6.07 Å². The molecule has 0 fully saturated rings. The summed E-state index contributed by atoms with van der Waals surface area (Å²) in [5, 5.41) is 0. The van der Waals surface area contributed by atoms with Crippen molar-refractivity contribution in [3.8, 4) is 11.5 Å². The molecule has 6 heteroatoms. The maximum absolute atomic E-state index is 11.9. The van der Waals surface area contributed by atoms with Crippen LogP contribution in [0.5, 0.6) is 11.5 Å². The maximum atomic E-state index is 11.9. The highest BCUT2D eigenvalue weighted by Crippen LogP contribution is 2.33. The average molecular weight is 294 g/mol. The largest absolute Gasteiger partial charge is 0.454 e. The zero-order valence-electron chi connectivity index (χ0n) is 11.4. The minimum absolute atomic E-state index is 0.209. The quantitative estimate of drug-likeness (QED) is 0.627. The van der Waals surface area contributed by atoms with E-state index in [1.54, 1.807) is 42.7 Å². The zero-order chi connectivity index (χ0) is 14.9. The summed E-state index contributed by atoms with van der Waals surface area (Å²) in [4.78, 5) is 20.1. The number of fused-ring (bicyclic) bond motifs is 1. The van der Waals surface area contributed by atoms with E-state index in [0.29, 0.717) is 17.1 Å². The topological polar surface area (TPSA) is 70.0 Å². The van der Waals surface area contributed by atoms with Crippen LogP contribution in [-0.4, -0.2) is 23.6 Å². The van der Waals surface area contributed by atoms with Crippen LogP contribution in [0.15, 0.2) is 53.4 Å². The first-order valence-corrected chi connectivity index (χ1v) is 6.62. The second-order valence-corrected chi connectivity index (χ2v) is 4.69. The molecule has 3 heterocycles. The fourth-order valence-corrected chi connectivity index (χ4v) is 2.18. The highest BCUT2D eigenvalue weighted by atomic mass is 16.7. The molecule has 1 aromatic carbocycles. The molecule has 0 amide bonds. The standard InChI is InChI=1S/C16H10N2O4/c19-16-12(18-15(22-16)11-2-1-5-17-8-11)6-10-3-4-13-14(7-10)21-9-20-13/h1-8H,9H2. The van der Waals surface area contributed by atoms with E-state index in [4.69, 9.17) is 14.2 Å². The van der Waals surface area contributed by atoms with E-state index >= 15 is 0 Å². The van der Waals surface area contributed by atoms with Crippen molar-refractivity contribution in [3.63, 3.8) is 0 Å². The van der Waals surface area contributed by atoms with Gasteiger partial charge in [-0.3, -0.25) is 4.98 Å². The Hall–Kier alpha value is -3.15. The number of aliphatic imine (C=N–C) groups is 1. The van der Waals surface area contributed by atoms with Gasteiger partial charge < -0.3 is 14.2 Å². The molecule has 2 aliphatic heterocycles.